The average Bonchev–Trinajstić information content (AvgIpc) is 3.23. The van der Waals surface area contributed by atoms with E-state index in [1.807, 2.05) is 0 Å². The van der Waals surface area contributed by atoms with Gasteiger partial charge < -0.3 is 10.1 Å². The van der Waals surface area contributed by atoms with Gasteiger partial charge >= 0.3 is 0 Å². The maximum Gasteiger partial charge on any atom is 0.119 e. The largest absolute Gasteiger partial charge is 0.490 e. The van der Waals surface area contributed by atoms with Gasteiger partial charge in [-0.15, -0.1) is 0 Å². The van der Waals surface area contributed by atoms with Crippen molar-refractivity contribution in [3.63, 3.8) is 0 Å². The van der Waals surface area contributed by atoms with Gasteiger partial charge in [0.1, 0.15) is 5.75 Å². The van der Waals surface area contributed by atoms with E-state index in [1.165, 1.54) is 31.2 Å². The van der Waals surface area contributed by atoms with Gasteiger partial charge in [0.2, 0.25) is 0 Å². The fourth-order valence-electron chi connectivity index (χ4n) is 2.31. The lowest BCUT2D eigenvalue weighted by Gasteiger charge is -2.22. The number of ether oxygens (including phenoxy) is 1. The van der Waals surface area contributed by atoms with Crippen molar-refractivity contribution in [3.8, 4) is 5.75 Å². The highest BCUT2D eigenvalue weighted by atomic mass is 16.5. The van der Waals surface area contributed by atoms with E-state index in [0.29, 0.717) is 12.1 Å². The molecule has 0 aromatic heterocycles. The normalized spacial score (nSPS) is 18.1. The van der Waals surface area contributed by atoms with Gasteiger partial charge in [0.15, 0.2) is 0 Å². The molecule has 0 aliphatic heterocycles. The molecule has 1 aromatic carbocycles. The van der Waals surface area contributed by atoms with Crippen LogP contribution < -0.4 is 10.1 Å². The molecule has 0 amide bonds. The van der Waals surface area contributed by atoms with E-state index in [-0.39, 0.29) is 0 Å². The molecule has 1 saturated carbocycles. The van der Waals surface area contributed by atoms with Crippen molar-refractivity contribution in [2.24, 2.45) is 5.92 Å². The van der Waals surface area contributed by atoms with Crippen molar-refractivity contribution >= 4 is 0 Å². The zero-order chi connectivity index (χ0) is 13.7. The van der Waals surface area contributed by atoms with Crippen molar-refractivity contribution in [2.45, 2.75) is 58.6 Å². The summed E-state index contributed by atoms with van der Waals surface area (Å²) in [6.45, 7) is 7.78. The molecule has 0 heterocycles. The predicted octanol–water partition coefficient (Wildman–Crippen LogP) is 4.31. The Labute approximate surface area is 117 Å². The first-order valence-corrected chi connectivity index (χ1v) is 7.72. The average molecular weight is 261 g/mol. The molecule has 1 aromatic rings. The summed E-state index contributed by atoms with van der Waals surface area (Å²) < 4.78 is 5.80. The third-order valence-corrected chi connectivity index (χ3v) is 3.90. The van der Waals surface area contributed by atoms with Gasteiger partial charge in [0.25, 0.3) is 0 Å². The minimum atomic E-state index is 0.468. The van der Waals surface area contributed by atoms with Crippen molar-refractivity contribution in [1.29, 1.82) is 0 Å². The SMILES string of the molecule is CCNC(CC(C)CC)c1ccc(OC2CC2)cc1. The van der Waals surface area contributed by atoms with E-state index in [1.54, 1.807) is 0 Å². The van der Waals surface area contributed by atoms with Crippen LogP contribution in [-0.2, 0) is 0 Å². The molecule has 0 bridgehead atoms. The second kappa shape index (κ2) is 6.95. The predicted molar refractivity (Wildman–Crippen MR) is 80.6 cm³/mol. The van der Waals surface area contributed by atoms with E-state index in [0.717, 1.165) is 18.2 Å². The van der Waals surface area contributed by atoms with E-state index in [9.17, 15) is 0 Å². The Morgan fingerprint density at radius 2 is 1.89 bits per heavy atom. The monoisotopic (exact) mass is 261 g/mol. The highest BCUT2D eigenvalue weighted by molar-refractivity contribution is 5.29. The maximum atomic E-state index is 5.80. The molecule has 2 nitrogen and oxygen atoms in total. The first-order valence-electron chi connectivity index (χ1n) is 7.72. The molecule has 2 rings (SSSR count). The van der Waals surface area contributed by atoms with E-state index < -0.39 is 0 Å². The second-order valence-electron chi connectivity index (χ2n) is 5.75. The minimum absolute atomic E-state index is 0.468. The lowest BCUT2D eigenvalue weighted by atomic mass is 9.94. The summed E-state index contributed by atoms with van der Waals surface area (Å²) in [4.78, 5) is 0. The molecule has 0 spiro atoms. The molecule has 0 saturated heterocycles. The van der Waals surface area contributed by atoms with Crippen molar-refractivity contribution < 1.29 is 4.74 Å². The minimum Gasteiger partial charge on any atom is -0.490 e. The van der Waals surface area contributed by atoms with Gasteiger partial charge in [-0.1, -0.05) is 39.3 Å². The fraction of sp³-hybridized carbons (Fsp3) is 0.647. The number of rotatable bonds is 8. The molecule has 19 heavy (non-hydrogen) atoms. The lowest BCUT2D eigenvalue weighted by molar-refractivity contribution is 0.303. The van der Waals surface area contributed by atoms with Crippen LogP contribution in [0.2, 0.25) is 0 Å². The molecule has 1 N–H and O–H groups in total. The molecule has 1 aliphatic carbocycles. The first-order chi connectivity index (χ1) is 9.22. The zero-order valence-electron chi connectivity index (χ0n) is 12.5. The van der Waals surface area contributed by atoms with Crippen LogP contribution >= 0.6 is 0 Å². The zero-order valence-corrected chi connectivity index (χ0v) is 12.5. The highest BCUT2D eigenvalue weighted by Crippen LogP contribution is 2.29. The topological polar surface area (TPSA) is 21.3 Å². The lowest BCUT2D eigenvalue weighted by Crippen LogP contribution is -2.22. The molecular weight excluding hydrogens is 234 g/mol. The van der Waals surface area contributed by atoms with Gasteiger partial charge in [-0.05, 0) is 49.4 Å². The molecule has 2 heteroatoms. The molecule has 1 aliphatic rings. The standard InChI is InChI=1S/C17H27NO/c1-4-13(3)12-17(18-5-2)14-6-8-15(9-7-14)19-16-10-11-16/h6-9,13,16-18H,4-5,10-12H2,1-3H3. The Hall–Kier alpha value is -1.02. The second-order valence-corrected chi connectivity index (χ2v) is 5.75. The summed E-state index contributed by atoms with van der Waals surface area (Å²) in [6.07, 6.45) is 5.36. The van der Waals surface area contributed by atoms with Crippen molar-refractivity contribution in [1.82, 2.24) is 5.32 Å². The van der Waals surface area contributed by atoms with Gasteiger partial charge in [0, 0.05) is 6.04 Å². The van der Waals surface area contributed by atoms with Crippen LogP contribution in [0, 0.1) is 5.92 Å². The molecular formula is C17H27NO. The quantitative estimate of drug-likeness (QED) is 0.752. The molecule has 1 fully saturated rings. The van der Waals surface area contributed by atoms with Crippen LogP contribution in [0.3, 0.4) is 0 Å². The smallest absolute Gasteiger partial charge is 0.119 e. The third kappa shape index (κ3) is 4.54. The van der Waals surface area contributed by atoms with E-state index >= 15 is 0 Å². The van der Waals surface area contributed by atoms with Gasteiger partial charge in [0.05, 0.1) is 6.10 Å². The molecule has 2 unspecified atom stereocenters. The Balaban J connectivity index is 1.98. The van der Waals surface area contributed by atoms with Crippen LogP contribution in [0.4, 0.5) is 0 Å². The van der Waals surface area contributed by atoms with Crippen LogP contribution in [0.1, 0.15) is 58.1 Å². The number of hydrogen-bond donors (Lipinski definition) is 1. The van der Waals surface area contributed by atoms with E-state index in [4.69, 9.17) is 4.74 Å². The summed E-state index contributed by atoms with van der Waals surface area (Å²) in [5.41, 5.74) is 1.38. The van der Waals surface area contributed by atoms with Crippen LogP contribution in [0.15, 0.2) is 24.3 Å². The summed E-state index contributed by atoms with van der Waals surface area (Å²) in [7, 11) is 0. The Morgan fingerprint density at radius 3 is 2.42 bits per heavy atom. The summed E-state index contributed by atoms with van der Waals surface area (Å²) in [5, 5.41) is 3.60. The molecule has 106 valence electrons. The van der Waals surface area contributed by atoms with E-state index in [2.05, 4.69) is 50.4 Å². The van der Waals surface area contributed by atoms with Crippen LogP contribution in [0.25, 0.3) is 0 Å². The fourth-order valence-corrected chi connectivity index (χ4v) is 2.31. The summed E-state index contributed by atoms with van der Waals surface area (Å²) in [6, 6.07) is 9.14. The summed E-state index contributed by atoms with van der Waals surface area (Å²) >= 11 is 0. The Morgan fingerprint density at radius 1 is 1.21 bits per heavy atom. The van der Waals surface area contributed by atoms with Crippen molar-refractivity contribution in [2.75, 3.05) is 6.54 Å². The number of benzene rings is 1. The molecule has 2 atom stereocenters. The van der Waals surface area contributed by atoms with Crippen LogP contribution in [0.5, 0.6) is 5.75 Å². The van der Waals surface area contributed by atoms with Crippen molar-refractivity contribution in [3.05, 3.63) is 29.8 Å². The van der Waals surface area contributed by atoms with Gasteiger partial charge in [-0.3, -0.25) is 0 Å². The Bertz CT molecular complexity index is 369. The molecule has 0 radical (unpaired) electrons. The Kier molecular flexibility index (Phi) is 5.26. The third-order valence-electron chi connectivity index (χ3n) is 3.90. The van der Waals surface area contributed by atoms with Crippen LogP contribution in [-0.4, -0.2) is 12.6 Å². The first kappa shape index (κ1) is 14.4. The van der Waals surface area contributed by atoms with Gasteiger partial charge in [-0.2, -0.15) is 0 Å². The van der Waals surface area contributed by atoms with Gasteiger partial charge in [-0.25, -0.2) is 0 Å². The number of nitrogens with one attached hydrogen (secondary N) is 1. The maximum absolute atomic E-state index is 5.80. The number of hydrogen-bond acceptors (Lipinski definition) is 2. The summed E-state index contributed by atoms with van der Waals surface area (Å²) in [5.74, 6) is 1.77. The highest BCUT2D eigenvalue weighted by Gasteiger charge is 2.23.